The molecule has 1 fully saturated rings. The van der Waals surface area contributed by atoms with E-state index in [0.717, 1.165) is 12.8 Å². The molecular weight excluding hydrogens is 232 g/mol. The standard InChI is InChI=1S/C13H22N2O3/c1-4-10(3)14-12(18)15-13(11(16)17)7-5-9(2)6-8-13/h4,9-10H,1,5-8H2,2-3H3,(H,16,17)(H2,14,15,18). The van der Waals surface area contributed by atoms with Gasteiger partial charge in [0, 0.05) is 6.04 Å². The van der Waals surface area contributed by atoms with Crippen molar-refractivity contribution in [3.05, 3.63) is 12.7 Å². The topological polar surface area (TPSA) is 78.4 Å². The van der Waals surface area contributed by atoms with Gasteiger partial charge in [-0.1, -0.05) is 13.0 Å². The fourth-order valence-corrected chi connectivity index (χ4v) is 2.17. The van der Waals surface area contributed by atoms with E-state index >= 15 is 0 Å². The third-order valence-corrected chi connectivity index (χ3v) is 3.60. The van der Waals surface area contributed by atoms with Gasteiger partial charge in [0.05, 0.1) is 0 Å². The van der Waals surface area contributed by atoms with Gasteiger partial charge in [-0.15, -0.1) is 6.58 Å². The maximum atomic E-state index is 11.7. The van der Waals surface area contributed by atoms with Crippen LogP contribution in [0.25, 0.3) is 0 Å². The Kier molecular flexibility index (Phi) is 4.76. The zero-order chi connectivity index (χ0) is 13.8. The van der Waals surface area contributed by atoms with Crippen LogP contribution in [-0.2, 0) is 4.79 Å². The van der Waals surface area contributed by atoms with E-state index in [1.165, 1.54) is 0 Å². The molecule has 0 saturated heterocycles. The highest BCUT2D eigenvalue weighted by molar-refractivity contribution is 5.86. The summed E-state index contributed by atoms with van der Waals surface area (Å²) in [4.78, 5) is 23.1. The van der Waals surface area contributed by atoms with Gasteiger partial charge in [0.25, 0.3) is 0 Å². The maximum absolute atomic E-state index is 11.7. The molecule has 0 aromatic rings. The van der Waals surface area contributed by atoms with Crippen LogP contribution in [-0.4, -0.2) is 28.7 Å². The number of rotatable bonds is 4. The zero-order valence-electron chi connectivity index (χ0n) is 11.0. The van der Waals surface area contributed by atoms with Gasteiger partial charge in [0.2, 0.25) is 0 Å². The molecule has 1 saturated carbocycles. The number of hydrogen-bond donors (Lipinski definition) is 3. The second-order valence-corrected chi connectivity index (χ2v) is 5.19. The molecule has 2 amide bonds. The largest absolute Gasteiger partial charge is 0.480 e. The molecule has 1 atom stereocenters. The van der Waals surface area contributed by atoms with Crippen LogP contribution < -0.4 is 10.6 Å². The number of amides is 2. The molecule has 0 spiro atoms. The lowest BCUT2D eigenvalue weighted by Gasteiger charge is -2.36. The highest BCUT2D eigenvalue weighted by atomic mass is 16.4. The van der Waals surface area contributed by atoms with Crippen molar-refractivity contribution in [2.24, 2.45) is 5.92 Å². The van der Waals surface area contributed by atoms with Crippen molar-refractivity contribution in [3.8, 4) is 0 Å². The summed E-state index contributed by atoms with van der Waals surface area (Å²) in [6.45, 7) is 7.45. The summed E-state index contributed by atoms with van der Waals surface area (Å²) in [6, 6.07) is -0.627. The van der Waals surface area contributed by atoms with Crippen molar-refractivity contribution in [1.29, 1.82) is 0 Å². The first-order chi connectivity index (χ1) is 8.39. The molecule has 0 radical (unpaired) electrons. The predicted molar refractivity (Wildman–Crippen MR) is 69.3 cm³/mol. The molecule has 1 aliphatic rings. The Hall–Kier alpha value is -1.52. The summed E-state index contributed by atoms with van der Waals surface area (Å²) in [5.41, 5.74) is -1.11. The summed E-state index contributed by atoms with van der Waals surface area (Å²) in [6.07, 6.45) is 4.21. The first-order valence-electron chi connectivity index (χ1n) is 6.34. The zero-order valence-corrected chi connectivity index (χ0v) is 11.0. The second kappa shape index (κ2) is 5.89. The number of nitrogens with one attached hydrogen (secondary N) is 2. The molecular formula is C13H22N2O3. The number of aliphatic carboxylic acids is 1. The molecule has 0 aromatic heterocycles. The van der Waals surface area contributed by atoms with Gasteiger partial charge in [-0.05, 0) is 38.5 Å². The quantitative estimate of drug-likeness (QED) is 0.670. The van der Waals surface area contributed by atoms with Crippen molar-refractivity contribution in [2.75, 3.05) is 0 Å². The first kappa shape index (κ1) is 14.5. The molecule has 18 heavy (non-hydrogen) atoms. The molecule has 0 aliphatic heterocycles. The summed E-state index contributed by atoms with van der Waals surface area (Å²) < 4.78 is 0. The van der Waals surface area contributed by atoms with E-state index in [-0.39, 0.29) is 6.04 Å². The molecule has 5 nitrogen and oxygen atoms in total. The van der Waals surface area contributed by atoms with Crippen LogP contribution in [0.15, 0.2) is 12.7 Å². The van der Waals surface area contributed by atoms with Crippen molar-refractivity contribution >= 4 is 12.0 Å². The van der Waals surface area contributed by atoms with Crippen LogP contribution in [0.2, 0.25) is 0 Å². The minimum Gasteiger partial charge on any atom is -0.480 e. The van der Waals surface area contributed by atoms with Crippen molar-refractivity contribution in [1.82, 2.24) is 10.6 Å². The lowest BCUT2D eigenvalue weighted by molar-refractivity contribution is -0.146. The van der Waals surface area contributed by atoms with Crippen LogP contribution in [0.4, 0.5) is 4.79 Å². The van der Waals surface area contributed by atoms with Crippen molar-refractivity contribution in [2.45, 2.75) is 51.1 Å². The minimum atomic E-state index is -1.11. The van der Waals surface area contributed by atoms with E-state index < -0.39 is 17.5 Å². The second-order valence-electron chi connectivity index (χ2n) is 5.19. The average Bonchev–Trinajstić information content (AvgIpc) is 2.31. The Morgan fingerprint density at radius 1 is 1.44 bits per heavy atom. The van der Waals surface area contributed by atoms with Crippen LogP contribution in [0.3, 0.4) is 0 Å². The number of hydrogen-bond acceptors (Lipinski definition) is 2. The molecule has 1 unspecified atom stereocenters. The van der Waals surface area contributed by atoms with Gasteiger partial charge in [0.15, 0.2) is 0 Å². The van der Waals surface area contributed by atoms with E-state index in [9.17, 15) is 14.7 Å². The number of carboxylic acid groups (broad SMARTS) is 1. The molecule has 0 heterocycles. The van der Waals surface area contributed by atoms with Crippen LogP contribution in [0.5, 0.6) is 0 Å². The number of carboxylic acids is 1. The Bertz CT molecular complexity index is 333. The molecule has 1 rings (SSSR count). The number of urea groups is 1. The maximum Gasteiger partial charge on any atom is 0.329 e. The summed E-state index contributed by atoms with van der Waals surface area (Å²) in [5, 5.41) is 14.6. The Labute approximate surface area is 108 Å². The molecule has 1 aliphatic carbocycles. The van der Waals surface area contributed by atoms with Crippen LogP contribution in [0.1, 0.15) is 39.5 Å². The van der Waals surface area contributed by atoms with Gasteiger partial charge in [-0.25, -0.2) is 9.59 Å². The van der Waals surface area contributed by atoms with Crippen LogP contribution >= 0.6 is 0 Å². The predicted octanol–water partition coefficient (Wildman–Crippen LogP) is 1.89. The van der Waals surface area contributed by atoms with E-state index in [0.29, 0.717) is 18.8 Å². The lowest BCUT2D eigenvalue weighted by atomic mass is 9.77. The van der Waals surface area contributed by atoms with E-state index in [4.69, 9.17) is 0 Å². The fourth-order valence-electron chi connectivity index (χ4n) is 2.17. The van der Waals surface area contributed by atoms with Crippen molar-refractivity contribution in [3.63, 3.8) is 0 Å². The third kappa shape index (κ3) is 3.48. The van der Waals surface area contributed by atoms with E-state index in [1.807, 2.05) is 0 Å². The van der Waals surface area contributed by atoms with E-state index in [1.54, 1.807) is 13.0 Å². The highest BCUT2D eigenvalue weighted by Crippen LogP contribution is 2.32. The molecule has 0 aromatic carbocycles. The SMILES string of the molecule is C=CC(C)NC(=O)NC1(C(=O)O)CCC(C)CC1. The van der Waals surface area contributed by atoms with Gasteiger partial charge < -0.3 is 15.7 Å². The molecule has 102 valence electrons. The van der Waals surface area contributed by atoms with E-state index in [2.05, 4.69) is 24.1 Å². The average molecular weight is 254 g/mol. The number of carbonyl (C=O) groups is 2. The normalized spacial score (nSPS) is 29.1. The minimum absolute atomic E-state index is 0.182. The Morgan fingerprint density at radius 3 is 2.44 bits per heavy atom. The van der Waals surface area contributed by atoms with Gasteiger partial charge in [0.1, 0.15) is 5.54 Å². The fraction of sp³-hybridized carbons (Fsp3) is 0.692. The summed E-state index contributed by atoms with van der Waals surface area (Å²) >= 11 is 0. The molecule has 0 bridgehead atoms. The van der Waals surface area contributed by atoms with Crippen LogP contribution in [0, 0.1) is 5.92 Å². The van der Waals surface area contributed by atoms with Crippen molar-refractivity contribution < 1.29 is 14.7 Å². The number of carbonyl (C=O) groups excluding carboxylic acids is 1. The summed E-state index contributed by atoms with van der Waals surface area (Å²) in [5.74, 6) is -0.426. The molecule has 3 N–H and O–H groups in total. The smallest absolute Gasteiger partial charge is 0.329 e. The highest BCUT2D eigenvalue weighted by Gasteiger charge is 2.42. The van der Waals surface area contributed by atoms with Gasteiger partial charge in [-0.2, -0.15) is 0 Å². The Balaban J connectivity index is 2.66. The molecule has 5 heteroatoms. The van der Waals surface area contributed by atoms with Gasteiger partial charge >= 0.3 is 12.0 Å². The first-order valence-corrected chi connectivity index (χ1v) is 6.34. The summed E-state index contributed by atoms with van der Waals surface area (Å²) in [7, 11) is 0. The third-order valence-electron chi connectivity index (χ3n) is 3.60. The monoisotopic (exact) mass is 254 g/mol. The lowest BCUT2D eigenvalue weighted by Crippen LogP contribution is -2.59. The Morgan fingerprint density at radius 2 is 2.00 bits per heavy atom. The van der Waals surface area contributed by atoms with Gasteiger partial charge in [-0.3, -0.25) is 0 Å².